The number of nitriles is 1. The van der Waals surface area contributed by atoms with Gasteiger partial charge in [-0.3, -0.25) is 0 Å². The summed E-state index contributed by atoms with van der Waals surface area (Å²) in [5.74, 6) is 0. The van der Waals surface area contributed by atoms with E-state index in [4.69, 9.17) is 39.9 Å². The van der Waals surface area contributed by atoms with Crippen LogP contribution in [0.4, 0.5) is 4.79 Å². The number of rotatable bonds is 2. The second-order valence-electron chi connectivity index (χ2n) is 6.23. The molecule has 0 aromatic rings. The van der Waals surface area contributed by atoms with Crippen molar-refractivity contribution in [3.05, 3.63) is 0 Å². The van der Waals surface area contributed by atoms with E-state index in [1.807, 2.05) is 19.6 Å². The average Bonchev–Trinajstić information content (AvgIpc) is 2.32. The smallest absolute Gasteiger partial charge is 0.312 e. The van der Waals surface area contributed by atoms with E-state index < -0.39 is 14.3 Å². The van der Waals surface area contributed by atoms with Gasteiger partial charge in [-0.2, -0.15) is 5.26 Å². The summed E-state index contributed by atoms with van der Waals surface area (Å²) in [6.45, 7) is 5.91. The van der Waals surface area contributed by atoms with Crippen molar-refractivity contribution in [2.24, 2.45) is 11.5 Å². The lowest BCUT2D eigenvalue weighted by Gasteiger charge is -2.24. The first-order chi connectivity index (χ1) is 10.7. The van der Waals surface area contributed by atoms with Crippen molar-refractivity contribution in [3.8, 4) is 6.26 Å². The predicted octanol–water partition coefficient (Wildman–Crippen LogP) is 3.45. The van der Waals surface area contributed by atoms with Crippen LogP contribution >= 0.6 is 23.2 Å². The van der Waals surface area contributed by atoms with Crippen LogP contribution < -0.4 is 16.8 Å². The Morgan fingerprint density at radius 2 is 1.65 bits per heavy atom. The van der Waals surface area contributed by atoms with Crippen LogP contribution in [0.2, 0.25) is 19.6 Å². The molecule has 0 spiro atoms. The minimum Gasteiger partial charge on any atom is -0.483 e. The van der Waals surface area contributed by atoms with E-state index in [1.54, 1.807) is 6.26 Å². The molecule has 0 unspecified atom stereocenters. The molecule has 0 bridgehead atoms. The Hall–Kier alpha value is -0.683. The number of amides is 2. The summed E-state index contributed by atoms with van der Waals surface area (Å²) in [6.07, 6.45) is 8.99. The summed E-state index contributed by atoms with van der Waals surface area (Å²) >= 11 is 9.53. The molecule has 23 heavy (non-hydrogen) atoms. The third kappa shape index (κ3) is 21.3. The van der Waals surface area contributed by atoms with Gasteiger partial charge in [0.15, 0.2) is 0 Å². The molecule has 2 aliphatic rings. The highest BCUT2D eigenvalue weighted by molar-refractivity contribution is 6.70. The lowest BCUT2D eigenvalue weighted by molar-refractivity contribution is 0.236. The molecule has 136 valence electrons. The van der Waals surface area contributed by atoms with Gasteiger partial charge in [0.2, 0.25) is 0 Å². The molecule has 0 aromatic heterocycles. The highest BCUT2D eigenvalue weighted by atomic mass is 35.5. The number of alkyl halides is 2. The molecular formula is C14H30Cl2N4O2Si. The van der Waals surface area contributed by atoms with Crippen LogP contribution in [0, 0.1) is 11.5 Å². The molecule has 9 heteroatoms. The quantitative estimate of drug-likeness (QED) is 0.384. The number of nitrogens with one attached hydrogen (secondary N) is 1. The molecule has 0 radical (unpaired) electrons. The van der Waals surface area contributed by atoms with Crippen molar-refractivity contribution >= 4 is 37.6 Å². The fourth-order valence-electron chi connectivity index (χ4n) is 1.33. The van der Waals surface area contributed by atoms with Gasteiger partial charge >= 0.3 is 6.03 Å². The second-order valence-corrected chi connectivity index (χ2v) is 11.5. The number of carbonyl (C=O) groups is 1. The van der Waals surface area contributed by atoms with Crippen LogP contribution in [0.25, 0.3) is 0 Å². The number of urea groups is 1. The molecule has 2 rings (SSSR count). The van der Waals surface area contributed by atoms with Crippen molar-refractivity contribution in [2.75, 3.05) is 5.34 Å². The lowest BCUT2D eigenvalue weighted by Crippen LogP contribution is -2.42. The number of hydrogen-bond donors (Lipinski definition) is 3. The van der Waals surface area contributed by atoms with E-state index in [-0.39, 0.29) is 5.34 Å². The monoisotopic (exact) mass is 384 g/mol. The third-order valence-electron chi connectivity index (χ3n) is 2.95. The second kappa shape index (κ2) is 14.9. The van der Waals surface area contributed by atoms with Crippen molar-refractivity contribution in [2.45, 2.75) is 70.2 Å². The van der Waals surface area contributed by atoms with Crippen molar-refractivity contribution < 1.29 is 9.22 Å². The van der Waals surface area contributed by atoms with E-state index >= 15 is 0 Å². The van der Waals surface area contributed by atoms with Crippen molar-refractivity contribution in [3.63, 3.8) is 0 Å². The molecule has 0 heterocycles. The van der Waals surface area contributed by atoms with Crippen LogP contribution in [0.3, 0.4) is 0 Å². The summed E-state index contributed by atoms with van der Waals surface area (Å²) in [5.41, 5.74) is 10.2. The molecule has 6 nitrogen and oxygen atoms in total. The zero-order valence-corrected chi connectivity index (χ0v) is 16.8. The maximum absolute atomic E-state index is 10.1. The highest BCUT2D eigenvalue weighted by Crippen LogP contribution is 2.17. The predicted molar refractivity (Wildman–Crippen MR) is 98.8 cm³/mol. The van der Waals surface area contributed by atoms with Crippen molar-refractivity contribution in [1.82, 2.24) is 5.32 Å². The summed E-state index contributed by atoms with van der Waals surface area (Å²) in [5, 5.41) is 10.8. The Kier molecular flexibility index (Phi) is 15.9. The minimum atomic E-state index is -1.52. The lowest BCUT2D eigenvalue weighted by atomic mass is 9.93. The maximum atomic E-state index is 10.1. The number of primary amides is 1. The molecule has 5 N–H and O–H groups in total. The number of hydrogen-bond acceptors (Lipinski definition) is 4. The Balaban J connectivity index is 0. The topological polar surface area (TPSA) is 114 Å². The van der Waals surface area contributed by atoms with Crippen LogP contribution in [0.1, 0.15) is 38.5 Å². The summed E-state index contributed by atoms with van der Waals surface area (Å²) in [7, 11) is -1.52. The standard InChI is InChI=1S/C5H10N2O.C4H9NOSi.C4H9N.CH2Cl2/c6-5(8)7-4-2-1-3-4;1-7(2,3)6-4-5;5-4-2-1-3-4;2-1-3/h4H,1-3H2,(H3,6,7,8);1-3H3;4H,1-3,5H2;1H2. The highest BCUT2D eigenvalue weighted by Gasteiger charge is 2.17. The fourth-order valence-corrected chi connectivity index (χ4v) is 1.60. The van der Waals surface area contributed by atoms with E-state index in [9.17, 15) is 4.79 Å². The Bertz CT molecular complexity index is 341. The Labute approximate surface area is 150 Å². The zero-order valence-electron chi connectivity index (χ0n) is 14.3. The summed E-state index contributed by atoms with van der Waals surface area (Å²) in [6, 6.07) is 0.553. The number of nitrogens with two attached hydrogens (primary N) is 2. The van der Waals surface area contributed by atoms with Crippen LogP contribution in [0.15, 0.2) is 0 Å². The van der Waals surface area contributed by atoms with Crippen LogP contribution in [-0.4, -0.2) is 31.8 Å². The third-order valence-corrected chi connectivity index (χ3v) is 3.66. The summed E-state index contributed by atoms with van der Waals surface area (Å²) < 4.78 is 4.67. The average molecular weight is 385 g/mol. The first-order valence-corrected chi connectivity index (χ1v) is 12.1. The number of nitrogens with zero attached hydrogens (tertiary/aromatic N) is 1. The minimum absolute atomic E-state index is 0.194. The first-order valence-electron chi connectivity index (χ1n) is 7.66. The van der Waals surface area contributed by atoms with E-state index in [1.165, 1.54) is 25.7 Å². The molecular weight excluding hydrogens is 355 g/mol. The van der Waals surface area contributed by atoms with Gasteiger partial charge < -0.3 is 21.2 Å². The van der Waals surface area contributed by atoms with Crippen LogP contribution in [0.5, 0.6) is 0 Å². The number of halogens is 2. The number of carbonyl (C=O) groups excluding carboxylic acids is 1. The van der Waals surface area contributed by atoms with E-state index in [0.29, 0.717) is 12.1 Å². The maximum Gasteiger partial charge on any atom is 0.312 e. The Morgan fingerprint density at radius 1 is 1.26 bits per heavy atom. The van der Waals surface area contributed by atoms with Gasteiger partial charge in [0, 0.05) is 12.1 Å². The molecule has 2 aliphatic carbocycles. The van der Waals surface area contributed by atoms with Gasteiger partial charge in [-0.05, 0) is 51.7 Å². The van der Waals surface area contributed by atoms with Gasteiger partial charge in [-0.15, -0.1) is 23.2 Å². The molecule has 2 amide bonds. The SMILES string of the molecule is C[Si](C)(C)OC#N.ClCCl.NC(=O)NC1CCC1.NC1CCC1. The van der Waals surface area contributed by atoms with Gasteiger partial charge in [-0.25, -0.2) is 4.79 Å². The molecule has 2 fully saturated rings. The normalized spacial score (nSPS) is 16.2. The molecule has 0 aromatic carbocycles. The van der Waals surface area contributed by atoms with E-state index in [2.05, 4.69) is 9.74 Å². The first kappa shape index (κ1) is 24.6. The molecule has 0 saturated heterocycles. The van der Waals surface area contributed by atoms with Gasteiger partial charge in [0.05, 0.1) is 5.34 Å². The Morgan fingerprint density at radius 3 is 1.70 bits per heavy atom. The van der Waals surface area contributed by atoms with Crippen molar-refractivity contribution in [1.29, 1.82) is 5.26 Å². The fraction of sp³-hybridized carbons (Fsp3) is 0.857. The molecule has 0 atom stereocenters. The largest absolute Gasteiger partial charge is 0.483 e. The van der Waals surface area contributed by atoms with E-state index in [0.717, 1.165) is 12.8 Å². The van der Waals surface area contributed by atoms with Gasteiger partial charge in [0.1, 0.15) is 0 Å². The zero-order chi connectivity index (χ0) is 18.3. The van der Waals surface area contributed by atoms with Gasteiger partial charge in [-0.1, -0.05) is 6.42 Å². The van der Waals surface area contributed by atoms with Crippen LogP contribution in [-0.2, 0) is 4.43 Å². The van der Waals surface area contributed by atoms with Gasteiger partial charge in [0.25, 0.3) is 14.6 Å². The molecule has 0 aliphatic heterocycles. The molecule has 2 saturated carbocycles. The summed E-state index contributed by atoms with van der Waals surface area (Å²) in [4.78, 5) is 10.1.